The summed E-state index contributed by atoms with van der Waals surface area (Å²) >= 11 is 6.10. The second-order valence-corrected chi connectivity index (χ2v) is 5.88. The van der Waals surface area contributed by atoms with Crippen LogP contribution in [0.4, 0.5) is 4.39 Å². The van der Waals surface area contributed by atoms with Crippen molar-refractivity contribution in [1.29, 1.82) is 0 Å². The van der Waals surface area contributed by atoms with E-state index >= 15 is 0 Å². The van der Waals surface area contributed by atoms with Gasteiger partial charge in [0, 0.05) is 30.7 Å². The summed E-state index contributed by atoms with van der Waals surface area (Å²) in [6.45, 7) is 2.07. The molecule has 1 aliphatic heterocycles. The minimum Gasteiger partial charge on any atom is -0.392 e. The lowest BCUT2D eigenvalue weighted by Crippen LogP contribution is -2.37. The second kappa shape index (κ2) is 6.18. The van der Waals surface area contributed by atoms with Crippen molar-refractivity contribution in [2.45, 2.75) is 25.1 Å². The summed E-state index contributed by atoms with van der Waals surface area (Å²) in [5, 5.41) is 10.4. The van der Waals surface area contributed by atoms with Crippen molar-refractivity contribution in [1.82, 2.24) is 9.80 Å². The van der Waals surface area contributed by atoms with Crippen LogP contribution in [0.3, 0.4) is 0 Å². The molecule has 1 aromatic rings. The maximum Gasteiger partial charge on any atom is 0.123 e. The second-order valence-electron chi connectivity index (χ2n) is 5.47. The summed E-state index contributed by atoms with van der Waals surface area (Å²) in [7, 11) is 4.02. The molecule has 106 valence electrons. The minimum absolute atomic E-state index is 0.275. The van der Waals surface area contributed by atoms with Crippen LogP contribution in [0, 0.1) is 5.82 Å². The van der Waals surface area contributed by atoms with E-state index in [1.54, 1.807) is 6.07 Å². The Morgan fingerprint density at radius 2 is 2.21 bits per heavy atom. The molecule has 2 unspecified atom stereocenters. The van der Waals surface area contributed by atoms with Crippen molar-refractivity contribution in [3.8, 4) is 0 Å². The highest BCUT2D eigenvalue weighted by atomic mass is 35.5. The molecule has 1 aliphatic rings. The molecule has 1 saturated heterocycles. The van der Waals surface area contributed by atoms with Gasteiger partial charge < -0.3 is 10.0 Å². The molecule has 0 bridgehead atoms. The van der Waals surface area contributed by atoms with Crippen LogP contribution in [0.1, 0.15) is 12.0 Å². The molecule has 0 amide bonds. The highest BCUT2D eigenvalue weighted by Gasteiger charge is 2.31. The van der Waals surface area contributed by atoms with Crippen molar-refractivity contribution in [3.63, 3.8) is 0 Å². The molecule has 0 saturated carbocycles. The Morgan fingerprint density at radius 3 is 2.89 bits per heavy atom. The molecule has 0 radical (unpaired) electrons. The maximum atomic E-state index is 13.3. The van der Waals surface area contributed by atoms with E-state index in [1.165, 1.54) is 12.1 Å². The molecule has 0 aromatic heterocycles. The average molecular weight is 287 g/mol. The number of halogens is 2. The first-order valence-corrected chi connectivity index (χ1v) is 6.84. The Morgan fingerprint density at radius 1 is 1.47 bits per heavy atom. The predicted molar refractivity (Wildman–Crippen MR) is 74.8 cm³/mol. The molecular formula is C14H20ClFN2O. The zero-order chi connectivity index (χ0) is 14.0. The molecule has 1 N–H and O–H groups in total. The molecule has 1 heterocycles. The van der Waals surface area contributed by atoms with Gasteiger partial charge in [0.2, 0.25) is 0 Å². The Kier molecular flexibility index (Phi) is 4.79. The Balaban J connectivity index is 2.09. The van der Waals surface area contributed by atoms with Crippen molar-refractivity contribution >= 4 is 11.6 Å². The Hall–Kier alpha value is -0.680. The number of hydrogen-bond donors (Lipinski definition) is 1. The van der Waals surface area contributed by atoms with Crippen molar-refractivity contribution in [2.75, 3.05) is 27.2 Å². The predicted octanol–water partition coefficient (Wildman–Crippen LogP) is 1.98. The van der Waals surface area contributed by atoms with Gasteiger partial charge >= 0.3 is 0 Å². The lowest BCUT2D eigenvalue weighted by atomic mass is 10.1. The van der Waals surface area contributed by atoms with E-state index in [2.05, 4.69) is 9.80 Å². The standard InChI is InChI=1S/C14H20ClFN2O/c1-17(2)8-12-6-13(19)9-18(12)7-10-5-11(16)3-4-14(10)15/h3-5,12-13,19H,6-9H2,1-2H3. The van der Waals surface area contributed by atoms with Gasteiger partial charge in [0.1, 0.15) is 5.82 Å². The minimum atomic E-state index is -0.308. The number of likely N-dealkylation sites (N-methyl/N-ethyl adjacent to an activating group) is 1. The van der Waals surface area contributed by atoms with Crippen LogP contribution >= 0.6 is 11.6 Å². The van der Waals surface area contributed by atoms with E-state index in [4.69, 9.17) is 11.6 Å². The fraction of sp³-hybridized carbons (Fsp3) is 0.571. The molecule has 2 rings (SSSR count). The maximum absolute atomic E-state index is 13.3. The quantitative estimate of drug-likeness (QED) is 0.917. The third-order valence-electron chi connectivity index (χ3n) is 3.46. The SMILES string of the molecule is CN(C)CC1CC(O)CN1Cc1cc(F)ccc1Cl. The number of benzene rings is 1. The van der Waals surface area contributed by atoms with Crippen molar-refractivity contribution in [2.24, 2.45) is 0 Å². The van der Waals surface area contributed by atoms with Gasteiger partial charge in [0.25, 0.3) is 0 Å². The number of likely N-dealkylation sites (tertiary alicyclic amines) is 1. The van der Waals surface area contributed by atoms with Gasteiger partial charge in [-0.05, 0) is 44.3 Å². The Labute approximate surface area is 118 Å². The van der Waals surface area contributed by atoms with Gasteiger partial charge in [-0.15, -0.1) is 0 Å². The molecule has 19 heavy (non-hydrogen) atoms. The van der Waals surface area contributed by atoms with Crippen LogP contribution in [0.15, 0.2) is 18.2 Å². The van der Waals surface area contributed by atoms with Crippen LogP contribution in [0.25, 0.3) is 0 Å². The molecule has 2 atom stereocenters. The largest absolute Gasteiger partial charge is 0.392 e. The van der Waals surface area contributed by atoms with E-state index in [1.807, 2.05) is 14.1 Å². The zero-order valence-electron chi connectivity index (χ0n) is 11.3. The van der Waals surface area contributed by atoms with Crippen LogP contribution < -0.4 is 0 Å². The average Bonchev–Trinajstić information content (AvgIpc) is 2.63. The molecule has 0 spiro atoms. The lowest BCUT2D eigenvalue weighted by molar-refractivity contribution is 0.169. The highest BCUT2D eigenvalue weighted by Crippen LogP contribution is 2.25. The van der Waals surface area contributed by atoms with Crippen LogP contribution in [-0.4, -0.2) is 54.2 Å². The molecule has 1 fully saturated rings. The van der Waals surface area contributed by atoms with Gasteiger partial charge in [-0.1, -0.05) is 11.6 Å². The summed E-state index contributed by atoms with van der Waals surface area (Å²) < 4.78 is 13.3. The fourth-order valence-electron chi connectivity index (χ4n) is 2.65. The van der Waals surface area contributed by atoms with E-state index in [0.717, 1.165) is 18.5 Å². The van der Waals surface area contributed by atoms with E-state index in [0.29, 0.717) is 18.1 Å². The first-order chi connectivity index (χ1) is 8.95. The summed E-state index contributed by atoms with van der Waals surface area (Å²) in [5.74, 6) is -0.275. The third kappa shape index (κ3) is 3.89. The number of aliphatic hydroxyl groups is 1. The molecule has 1 aromatic carbocycles. The third-order valence-corrected chi connectivity index (χ3v) is 3.83. The van der Waals surface area contributed by atoms with Crippen molar-refractivity contribution in [3.05, 3.63) is 34.6 Å². The van der Waals surface area contributed by atoms with Crippen LogP contribution in [-0.2, 0) is 6.54 Å². The molecule has 3 nitrogen and oxygen atoms in total. The molecular weight excluding hydrogens is 267 g/mol. The fourth-order valence-corrected chi connectivity index (χ4v) is 2.82. The van der Waals surface area contributed by atoms with Gasteiger partial charge in [0.05, 0.1) is 6.10 Å². The number of aliphatic hydroxyl groups excluding tert-OH is 1. The summed E-state index contributed by atoms with van der Waals surface area (Å²) in [6, 6.07) is 4.70. The van der Waals surface area contributed by atoms with Crippen LogP contribution in [0.2, 0.25) is 5.02 Å². The number of hydrogen-bond acceptors (Lipinski definition) is 3. The summed E-state index contributed by atoms with van der Waals surface area (Å²) in [6.07, 6.45) is 0.447. The van der Waals surface area contributed by atoms with Gasteiger partial charge in [-0.2, -0.15) is 0 Å². The van der Waals surface area contributed by atoms with E-state index < -0.39 is 0 Å². The normalized spacial score (nSPS) is 24.3. The van der Waals surface area contributed by atoms with Gasteiger partial charge in [-0.3, -0.25) is 4.90 Å². The smallest absolute Gasteiger partial charge is 0.123 e. The van der Waals surface area contributed by atoms with Crippen molar-refractivity contribution < 1.29 is 9.50 Å². The molecule has 5 heteroatoms. The Bertz CT molecular complexity index is 441. The number of β-amino-alcohol motifs (C(OH)–C–C–N with tert-alkyl or cyclic N) is 1. The van der Waals surface area contributed by atoms with Gasteiger partial charge in [-0.25, -0.2) is 4.39 Å². The lowest BCUT2D eigenvalue weighted by Gasteiger charge is -2.27. The van der Waals surface area contributed by atoms with E-state index in [9.17, 15) is 9.50 Å². The van der Waals surface area contributed by atoms with Gasteiger partial charge in [0.15, 0.2) is 0 Å². The van der Waals surface area contributed by atoms with Crippen LogP contribution in [0.5, 0.6) is 0 Å². The summed E-state index contributed by atoms with van der Waals surface area (Å²) in [4.78, 5) is 4.27. The number of nitrogens with zero attached hydrogens (tertiary/aromatic N) is 2. The highest BCUT2D eigenvalue weighted by molar-refractivity contribution is 6.31. The first kappa shape index (κ1) is 14.7. The number of rotatable bonds is 4. The van der Waals surface area contributed by atoms with E-state index in [-0.39, 0.29) is 18.0 Å². The molecule has 0 aliphatic carbocycles. The monoisotopic (exact) mass is 286 g/mol. The summed E-state index contributed by atoms with van der Waals surface area (Å²) in [5.41, 5.74) is 0.777. The zero-order valence-corrected chi connectivity index (χ0v) is 12.1. The topological polar surface area (TPSA) is 26.7 Å². The first-order valence-electron chi connectivity index (χ1n) is 6.46.